The van der Waals surface area contributed by atoms with Gasteiger partial charge in [0.15, 0.2) is 0 Å². The van der Waals surface area contributed by atoms with Gasteiger partial charge in [-0.25, -0.2) is 0 Å². The smallest absolute Gasteiger partial charge is 0.236 e. The number of nitrogens with one attached hydrogen (secondary N) is 3. The molecule has 0 amide bonds. The number of unbranched alkanes of at least 4 members (excludes halogenated alkanes) is 3. The fourth-order valence-corrected chi connectivity index (χ4v) is 9.38. The van der Waals surface area contributed by atoms with Gasteiger partial charge in [0.2, 0.25) is 17.8 Å². The van der Waals surface area contributed by atoms with Gasteiger partial charge in [-0.3, -0.25) is 0 Å². The number of nitrogens with zero attached hydrogens (tertiary/aromatic N) is 6. The van der Waals surface area contributed by atoms with Crippen LogP contribution in [0.1, 0.15) is 119 Å². The van der Waals surface area contributed by atoms with Gasteiger partial charge in [0.05, 0.1) is 0 Å². The Hall–Kier alpha value is -6.87. The zero-order valence-electron chi connectivity index (χ0n) is 44.1. The Morgan fingerprint density at radius 3 is 0.778 bits per heavy atom. The molecule has 9 heteroatoms. The van der Waals surface area contributed by atoms with Gasteiger partial charge in [-0.15, -0.1) is 0 Å². The molecule has 3 N–H and O–H groups in total. The minimum absolute atomic E-state index is 0.439. The third-order valence-electron chi connectivity index (χ3n) is 14.0. The standard InChI is InChI=1S/C63H81N9/c1-7-13-25-49(10-4)46-70(58-40-34-55(35-41-58)64-52-28-19-16-20-29-52)61-67-62(71(47-50(11-5)26-14-8-2)59-42-36-56(37-43-59)65-53-30-21-17-22-31-53)69-63(68-61)72(48-51(12-6)27-15-9-3)60-44-38-57(39-45-60)66-54-32-23-18-24-33-54/h16-24,28-45,49-51,64-66H,7-15,25-27,46-48H2,1-6H3. The summed E-state index contributed by atoms with van der Waals surface area (Å²) in [5.41, 5.74) is 9.43. The molecular weight excluding hydrogens is 883 g/mol. The normalized spacial score (nSPS) is 12.4. The van der Waals surface area contributed by atoms with E-state index in [2.05, 4.69) is 218 Å². The molecule has 3 atom stereocenters. The Morgan fingerprint density at radius 1 is 0.319 bits per heavy atom. The Labute approximate surface area is 432 Å². The van der Waals surface area contributed by atoms with Crippen molar-refractivity contribution >= 4 is 69.0 Å². The van der Waals surface area contributed by atoms with Crippen LogP contribution in [-0.4, -0.2) is 34.6 Å². The molecule has 1 heterocycles. The van der Waals surface area contributed by atoms with Crippen molar-refractivity contribution in [3.8, 4) is 0 Å². The number of hydrogen-bond donors (Lipinski definition) is 3. The van der Waals surface area contributed by atoms with Crippen molar-refractivity contribution in [3.05, 3.63) is 164 Å². The third-order valence-corrected chi connectivity index (χ3v) is 14.0. The average molecular weight is 964 g/mol. The lowest BCUT2D eigenvalue weighted by molar-refractivity contribution is 0.452. The van der Waals surface area contributed by atoms with Crippen molar-refractivity contribution < 1.29 is 0 Å². The highest BCUT2D eigenvalue weighted by molar-refractivity contribution is 5.71. The van der Waals surface area contributed by atoms with Crippen LogP contribution < -0.4 is 30.7 Å². The molecule has 7 aromatic rings. The topological polar surface area (TPSA) is 84.5 Å². The largest absolute Gasteiger partial charge is 0.356 e. The van der Waals surface area contributed by atoms with E-state index in [-0.39, 0.29) is 0 Å². The minimum atomic E-state index is 0.439. The lowest BCUT2D eigenvalue weighted by Gasteiger charge is -2.33. The summed E-state index contributed by atoms with van der Waals surface area (Å²) in [5.74, 6) is 3.31. The van der Waals surface area contributed by atoms with E-state index < -0.39 is 0 Å². The molecule has 9 nitrogen and oxygen atoms in total. The minimum Gasteiger partial charge on any atom is -0.356 e. The van der Waals surface area contributed by atoms with Crippen LogP contribution in [0.15, 0.2) is 164 Å². The second-order valence-corrected chi connectivity index (χ2v) is 19.4. The molecule has 378 valence electrons. The van der Waals surface area contributed by atoms with Gasteiger partial charge in [0, 0.05) is 70.8 Å². The van der Waals surface area contributed by atoms with Crippen LogP contribution in [0, 0.1) is 17.8 Å². The molecule has 6 aromatic carbocycles. The van der Waals surface area contributed by atoms with Gasteiger partial charge >= 0.3 is 0 Å². The zero-order chi connectivity index (χ0) is 50.3. The first kappa shape index (κ1) is 52.9. The van der Waals surface area contributed by atoms with Gasteiger partial charge in [0.25, 0.3) is 0 Å². The first-order valence-corrected chi connectivity index (χ1v) is 27.2. The zero-order valence-corrected chi connectivity index (χ0v) is 44.1. The maximum absolute atomic E-state index is 5.65. The van der Waals surface area contributed by atoms with Crippen LogP contribution in [-0.2, 0) is 0 Å². The Bertz CT molecular complexity index is 2270. The highest BCUT2D eigenvalue weighted by Gasteiger charge is 2.27. The first-order valence-electron chi connectivity index (χ1n) is 27.2. The number of rotatable bonds is 30. The summed E-state index contributed by atoms with van der Waals surface area (Å²) < 4.78 is 0. The number of para-hydroxylation sites is 3. The Balaban J connectivity index is 1.41. The lowest BCUT2D eigenvalue weighted by Crippen LogP contribution is -2.32. The first-order chi connectivity index (χ1) is 35.4. The van der Waals surface area contributed by atoms with E-state index in [9.17, 15) is 0 Å². The number of benzene rings is 6. The predicted molar refractivity (Wildman–Crippen MR) is 309 cm³/mol. The SMILES string of the molecule is CCCCC(CC)CN(c1ccc(Nc2ccccc2)cc1)c1nc(N(CC(CC)CCCC)c2ccc(Nc3ccccc3)cc2)nc(N(CC(CC)CCCC)c2ccc(Nc3ccccc3)cc2)n1. The highest BCUT2D eigenvalue weighted by atomic mass is 15.4. The molecule has 0 spiro atoms. The molecule has 0 aliphatic heterocycles. The quantitative estimate of drug-likeness (QED) is 0.0408. The third kappa shape index (κ3) is 15.6. The molecule has 0 fully saturated rings. The molecule has 0 saturated carbocycles. The van der Waals surface area contributed by atoms with Crippen LogP contribution in [0.4, 0.5) is 69.0 Å². The Kier molecular flexibility index (Phi) is 20.8. The van der Waals surface area contributed by atoms with Crippen molar-refractivity contribution in [2.24, 2.45) is 17.8 Å². The second kappa shape index (κ2) is 28.2. The molecule has 72 heavy (non-hydrogen) atoms. The van der Waals surface area contributed by atoms with E-state index in [1.807, 2.05) is 18.2 Å². The van der Waals surface area contributed by atoms with Crippen LogP contribution in [0.2, 0.25) is 0 Å². The van der Waals surface area contributed by atoms with Crippen LogP contribution in [0.3, 0.4) is 0 Å². The van der Waals surface area contributed by atoms with Gasteiger partial charge in [-0.1, -0.05) is 154 Å². The monoisotopic (exact) mass is 964 g/mol. The molecule has 1 aromatic heterocycles. The maximum atomic E-state index is 5.65. The predicted octanol–water partition coefficient (Wildman–Crippen LogP) is 18.2. The lowest BCUT2D eigenvalue weighted by atomic mass is 9.98. The fourth-order valence-electron chi connectivity index (χ4n) is 9.38. The van der Waals surface area contributed by atoms with Crippen molar-refractivity contribution in [2.45, 2.75) is 119 Å². The van der Waals surface area contributed by atoms with Gasteiger partial charge in [0.1, 0.15) is 0 Å². The van der Waals surface area contributed by atoms with E-state index in [4.69, 9.17) is 15.0 Å². The fraction of sp³-hybridized carbons (Fsp3) is 0.381. The van der Waals surface area contributed by atoms with Crippen LogP contribution >= 0.6 is 0 Å². The van der Waals surface area contributed by atoms with E-state index >= 15 is 0 Å². The Morgan fingerprint density at radius 2 is 0.556 bits per heavy atom. The molecular formula is C63H81N9. The average Bonchev–Trinajstić information content (AvgIpc) is 3.43. The summed E-state index contributed by atoms with van der Waals surface area (Å²) >= 11 is 0. The van der Waals surface area contributed by atoms with E-state index in [0.29, 0.717) is 35.6 Å². The van der Waals surface area contributed by atoms with Crippen molar-refractivity contribution in [1.29, 1.82) is 0 Å². The van der Waals surface area contributed by atoms with Crippen LogP contribution in [0.5, 0.6) is 0 Å². The molecule has 0 aliphatic rings. The summed E-state index contributed by atoms with van der Waals surface area (Å²) in [4.78, 5) is 24.1. The highest BCUT2D eigenvalue weighted by Crippen LogP contribution is 2.37. The van der Waals surface area contributed by atoms with E-state index in [0.717, 1.165) is 129 Å². The maximum Gasteiger partial charge on any atom is 0.236 e. The second-order valence-electron chi connectivity index (χ2n) is 19.4. The molecule has 3 unspecified atom stereocenters. The van der Waals surface area contributed by atoms with Crippen molar-refractivity contribution in [2.75, 3.05) is 50.3 Å². The molecule has 0 radical (unpaired) electrons. The van der Waals surface area contributed by atoms with E-state index in [1.165, 1.54) is 19.3 Å². The number of hydrogen-bond acceptors (Lipinski definition) is 9. The van der Waals surface area contributed by atoms with Gasteiger partial charge in [-0.2, -0.15) is 15.0 Å². The van der Waals surface area contributed by atoms with Crippen LogP contribution in [0.25, 0.3) is 0 Å². The summed E-state index contributed by atoms with van der Waals surface area (Å²) in [6.45, 7) is 16.2. The summed E-state index contributed by atoms with van der Waals surface area (Å²) in [6.07, 6.45) is 13.6. The molecule has 0 bridgehead atoms. The van der Waals surface area contributed by atoms with Gasteiger partial charge < -0.3 is 30.7 Å². The number of anilines is 12. The summed E-state index contributed by atoms with van der Waals surface area (Å²) in [5, 5.41) is 10.8. The molecule has 0 aliphatic carbocycles. The van der Waals surface area contributed by atoms with E-state index in [1.54, 1.807) is 0 Å². The van der Waals surface area contributed by atoms with Crippen molar-refractivity contribution in [1.82, 2.24) is 15.0 Å². The summed E-state index contributed by atoms with van der Waals surface area (Å²) in [7, 11) is 0. The van der Waals surface area contributed by atoms with Crippen molar-refractivity contribution in [3.63, 3.8) is 0 Å². The molecule has 7 rings (SSSR count). The molecule has 0 saturated heterocycles. The summed E-state index contributed by atoms with van der Waals surface area (Å²) in [6, 6.07) is 57.5. The van der Waals surface area contributed by atoms with Gasteiger partial charge in [-0.05, 0) is 146 Å². The number of aromatic nitrogens is 3.